The molecule has 4 nitrogen and oxygen atoms in total. The first-order valence-corrected chi connectivity index (χ1v) is 7.54. The van der Waals surface area contributed by atoms with E-state index in [1.807, 2.05) is 0 Å². The Morgan fingerprint density at radius 1 is 1.22 bits per heavy atom. The number of halogens is 4. The molecule has 0 fully saturated rings. The number of hydrogen-bond acceptors (Lipinski definition) is 3. The average molecular weight is 407 g/mol. The Hall–Kier alpha value is -1.86. The molecule has 122 valence electrons. The second kappa shape index (κ2) is 8.12. The first kappa shape index (κ1) is 17.5. The van der Waals surface area contributed by atoms with Crippen molar-refractivity contribution in [2.24, 2.45) is 0 Å². The van der Waals surface area contributed by atoms with Crippen molar-refractivity contribution in [1.29, 1.82) is 0 Å². The highest BCUT2D eigenvalue weighted by Crippen LogP contribution is 2.27. The Kier molecular flexibility index (Phi) is 6.18. The number of carbonyl (C=O) groups is 1. The summed E-state index contributed by atoms with van der Waals surface area (Å²) in [7, 11) is 0. The van der Waals surface area contributed by atoms with Gasteiger partial charge in [-0.15, -0.1) is 0 Å². The second-order valence-electron chi connectivity index (χ2n) is 4.31. The van der Waals surface area contributed by atoms with Crippen LogP contribution >= 0.6 is 27.5 Å². The van der Waals surface area contributed by atoms with Gasteiger partial charge in [-0.1, -0.05) is 27.5 Å². The van der Waals surface area contributed by atoms with Crippen LogP contribution in [0.15, 0.2) is 46.9 Å². The molecule has 0 bridgehead atoms. The number of benzene rings is 2. The van der Waals surface area contributed by atoms with Crippen molar-refractivity contribution in [2.45, 2.75) is 6.61 Å². The molecule has 0 unspecified atom stereocenters. The molecule has 0 radical (unpaired) electrons. The van der Waals surface area contributed by atoms with Crippen LogP contribution in [0.5, 0.6) is 11.5 Å². The lowest BCUT2D eigenvalue weighted by atomic mass is 10.3. The number of nitrogens with one attached hydrogen (secondary N) is 1. The highest BCUT2D eigenvalue weighted by Gasteiger charge is 2.08. The van der Waals surface area contributed by atoms with Crippen LogP contribution in [0.1, 0.15) is 0 Å². The summed E-state index contributed by atoms with van der Waals surface area (Å²) in [5.74, 6) is -0.0203. The highest BCUT2D eigenvalue weighted by molar-refractivity contribution is 9.10. The van der Waals surface area contributed by atoms with Crippen molar-refractivity contribution < 1.29 is 23.0 Å². The van der Waals surface area contributed by atoms with Gasteiger partial charge >= 0.3 is 6.61 Å². The third kappa shape index (κ3) is 5.69. The molecule has 0 aromatic heterocycles. The van der Waals surface area contributed by atoms with Crippen molar-refractivity contribution in [3.8, 4) is 11.5 Å². The van der Waals surface area contributed by atoms with E-state index < -0.39 is 12.5 Å². The van der Waals surface area contributed by atoms with Crippen molar-refractivity contribution in [3.05, 3.63) is 52.0 Å². The molecule has 1 N–H and O–H groups in total. The quantitative estimate of drug-likeness (QED) is 0.755. The number of alkyl halides is 2. The van der Waals surface area contributed by atoms with E-state index in [-0.39, 0.29) is 12.4 Å². The van der Waals surface area contributed by atoms with Crippen LogP contribution in [-0.4, -0.2) is 19.1 Å². The van der Waals surface area contributed by atoms with E-state index in [2.05, 4.69) is 26.0 Å². The lowest BCUT2D eigenvalue weighted by Gasteiger charge is -2.10. The van der Waals surface area contributed by atoms with Gasteiger partial charge in [0.25, 0.3) is 5.91 Å². The number of carbonyl (C=O) groups excluding carboxylic acids is 1. The fourth-order valence-corrected chi connectivity index (χ4v) is 2.38. The second-order valence-corrected chi connectivity index (χ2v) is 5.64. The Morgan fingerprint density at radius 2 is 1.91 bits per heavy atom. The molecule has 0 atom stereocenters. The normalized spacial score (nSPS) is 10.5. The topological polar surface area (TPSA) is 47.6 Å². The molecule has 0 heterocycles. The minimum atomic E-state index is -2.89. The maximum Gasteiger partial charge on any atom is 0.387 e. The molecule has 0 aliphatic carbocycles. The number of ether oxygens (including phenoxy) is 2. The summed E-state index contributed by atoms with van der Waals surface area (Å²) >= 11 is 9.23. The maximum atomic E-state index is 12.0. The van der Waals surface area contributed by atoms with Gasteiger partial charge in [0.15, 0.2) is 6.61 Å². The molecule has 1 amide bonds. The van der Waals surface area contributed by atoms with Crippen molar-refractivity contribution >= 4 is 39.1 Å². The predicted molar refractivity (Wildman–Crippen MR) is 86.4 cm³/mol. The first-order chi connectivity index (χ1) is 10.9. The summed E-state index contributed by atoms with van der Waals surface area (Å²) in [5, 5.41) is 2.94. The zero-order chi connectivity index (χ0) is 16.8. The average Bonchev–Trinajstić information content (AvgIpc) is 2.48. The zero-order valence-corrected chi connectivity index (χ0v) is 13.9. The van der Waals surface area contributed by atoms with E-state index in [0.29, 0.717) is 16.5 Å². The molecule has 0 aliphatic heterocycles. The zero-order valence-electron chi connectivity index (χ0n) is 11.6. The number of rotatable bonds is 6. The standard InChI is InChI=1S/C15H11BrClF2NO3/c16-9-1-6-13(12(17)7-9)22-8-14(21)20-10-2-4-11(5-3-10)23-15(18)19/h1-7,15H,8H2,(H,20,21). The molecule has 2 aromatic rings. The lowest BCUT2D eigenvalue weighted by Crippen LogP contribution is -2.20. The van der Waals surface area contributed by atoms with Gasteiger partial charge in [0.1, 0.15) is 11.5 Å². The van der Waals surface area contributed by atoms with Gasteiger partial charge in [0.05, 0.1) is 5.02 Å². The van der Waals surface area contributed by atoms with Crippen molar-refractivity contribution in [1.82, 2.24) is 0 Å². The van der Waals surface area contributed by atoms with E-state index in [9.17, 15) is 13.6 Å². The monoisotopic (exact) mass is 405 g/mol. The van der Waals surface area contributed by atoms with Crippen LogP contribution in [0.3, 0.4) is 0 Å². The smallest absolute Gasteiger partial charge is 0.387 e. The highest BCUT2D eigenvalue weighted by atomic mass is 79.9. The Bertz CT molecular complexity index is 683. The van der Waals surface area contributed by atoms with Crippen LogP contribution in [-0.2, 0) is 4.79 Å². The third-order valence-electron chi connectivity index (χ3n) is 2.62. The molecule has 23 heavy (non-hydrogen) atoms. The molecule has 8 heteroatoms. The van der Waals surface area contributed by atoms with Crippen LogP contribution in [0, 0.1) is 0 Å². The molecule has 0 saturated carbocycles. The van der Waals surface area contributed by atoms with Gasteiger partial charge in [-0.2, -0.15) is 8.78 Å². The van der Waals surface area contributed by atoms with Gasteiger partial charge in [0.2, 0.25) is 0 Å². The summed E-state index contributed by atoms with van der Waals surface area (Å²) in [6.45, 7) is -3.13. The van der Waals surface area contributed by atoms with Crippen molar-refractivity contribution in [3.63, 3.8) is 0 Å². The molecular formula is C15H11BrClF2NO3. The largest absolute Gasteiger partial charge is 0.482 e. The van der Waals surface area contributed by atoms with E-state index in [1.54, 1.807) is 18.2 Å². The van der Waals surface area contributed by atoms with Crippen LogP contribution in [0.4, 0.5) is 14.5 Å². The van der Waals surface area contributed by atoms with Crippen LogP contribution in [0.25, 0.3) is 0 Å². The predicted octanol–water partition coefficient (Wildman–Crippen LogP) is 4.72. The fourth-order valence-electron chi connectivity index (χ4n) is 1.65. The molecule has 2 rings (SSSR count). The Balaban J connectivity index is 1.87. The molecular weight excluding hydrogens is 396 g/mol. The summed E-state index contributed by atoms with van der Waals surface area (Å²) in [6, 6.07) is 10.6. The van der Waals surface area contributed by atoms with E-state index in [1.165, 1.54) is 24.3 Å². The SMILES string of the molecule is O=C(COc1ccc(Br)cc1Cl)Nc1ccc(OC(F)F)cc1. The van der Waals surface area contributed by atoms with Crippen molar-refractivity contribution in [2.75, 3.05) is 11.9 Å². The van der Waals surface area contributed by atoms with Gasteiger partial charge in [-0.25, -0.2) is 0 Å². The lowest BCUT2D eigenvalue weighted by molar-refractivity contribution is -0.118. The summed E-state index contributed by atoms with van der Waals surface area (Å²) in [6.07, 6.45) is 0. The van der Waals surface area contributed by atoms with Gasteiger partial charge in [0, 0.05) is 10.2 Å². The number of hydrogen-bond donors (Lipinski definition) is 1. The molecule has 0 saturated heterocycles. The molecule has 0 spiro atoms. The Morgan fingerprint density at radius 3 is 2.52 bits per heavy atom. The van der Waals surface area contributed by atoms with Gasteiger partial charge in [-0.3, -0.25) is 4.79 Å². The van der Waals surface area contributed by atoms with Gasteiger partial charge in [-0.05, 0) is 42.5 Å². The minimum Gasteiger partial charge on any atom is -0.482 e. The number of anilines is 1. The third-order valence-corrected chi connectivity index (χ3v) is 3.40. The minimum absolute atomic E-state index is 0.0101. The van der Waals surface area contributed by atoms with Crippen LogP contribution in [0.2, 0.25) is 5.02 Å². The number of amides is 1. The van der Waals surface area contributed by atoms with E-state index >= 15 is 0 Å². The fraction of sp³-hybridized carbons (Fsp3) is 0.133. The van der Waals surface area contributed by atoms with Crippen LogP contribution < -0.4 is 14.8 Å². The summed E-state index contributed by atoms with van der Waals surface area (Å²) < 4.78 is 34.4. The molecule has 2 aromatic carbocycles. The van der Waals surface area contributed by atoms with Gasteiger partial charge < -0.3 is 14.8 Å². The first-order valence-electron chi connectivity index (χ1n) is 6.36. The Labute approximate surface area is 144 Å². The summed E-state index contributed by atoms with van der Waals surface area (Å²) in [5.41, 5.74) is 0.433. The van der Waals surface area contributed by atoms with E-state index in [4.69, 9.17) is 16.3 Å². The summed E-state index contributed by atoms with van der Waals surface area (Å²) in [4.78, 5) is 11.8. The molecule has 0 aliphatic rings. The maximum absolute atomic E-state index is 12.0. The van der Waals surface area contributed by atoms with E-state index in [0.717, 1.165) is 4.47 Å².